The summed E-state index contributed by atoms with van der Waals surface area (Å²) in [6.45, 7) is 3.01. The molecule has 2 atom stereocenters. The number of anilines is 1. The van der Waals surface area contributed by atoms with Crippen molar-refractivity contribution in [1.29, 1.82) is 0 Å². The first-order valence-corrected chi connectivity index (χ1v) is 5.31. The lowest BCUT2D eigenvalue weighted by atomic mass is 9.95. The molecule has 92 valence electrons. The van der Waals surface area contributed by atoms with Gasteiger partial charge in [0, 0.05) is 12.0 Å². The van der Waals surface area contributed by atoms with Crippen molar-refractivity contribution >= 4 is 29.3 Å². The quantitative estimate of drug-likeness (QED) is 0.796. The normalized spacial score (nSPS) is 13.8. The van der Waals surface area contributed by atoms with Crippen LogP contribution in [0.15, 0.2) is 12.4 Å². The molecule has 1 aromatic heterocycles. The van der Waals surface area contributed by atoms with E-state index < -0.39 is 23.7 Å². The largest absolute Gasteiger partial charge is 0.481 e. The lowest BCUT2D eigenvalue weighted by molar-refractivity contribution is -0.145. The summed E-state index contributed by atoms with van der Waals surface area (Å²) in [4.78, 5) is 29.9. The SMILES string of the molecule is CC(C(=O)O)C(C)C(=O)Nc1cc(Cl)ncn1. The maximum atomic E-state index is 11.7. The van der Waals surface area contributed by atoms with Gasteiger partial charge in [-0.2, -0.15) is 0 Å². The van der Waals surface area contributed by atoms with E-state index in [0.29, 0.717) is 0 Å². The second-order valence-electron chi connectivity index (χ2n) is 3.63. The number of hydrogen-bond acceptors (Lipinski definition) is 4. The van der Waals surface area contributed by atoms with E-state index in [1.807, 2.05) is 0 Å². The van der Waals surface area contributed by atoms with Crippen molar-refractivity contribution in [3.05, 3.63) is 17.5 Å². The van der Waals surface area contributed by atoms with Gasteiger partial charge < -0.3 is 10.4 Å². The molecule has 0 saturated carbocycles. The molecular weight excluding hydrogens is 246 g/mol. The van der Waals surface area contributed by atoms with Crippen molar-refractivity contribution in [3.63, 3.8) is 0 Å². The van der Waals surface area contributed by atoms with Crippen molar-refractivity contribution in [2.45, 2.75) is 13.8 Å². The fourth-order valence-corrected chi connectivity index (χ4v) is 1.23. The zero-order valence-corrected chi connectivity index (χ0v) is 10.1. The molecular formula is C10H12ClN3O3. The Morgan fingerprint density at radius 3 is 2.53 bits per heavy atom. The van der Waals surface area contributed by atoms with Gasteiger partial charge in [-0.05, 0) is 0 Å². The van der Waals surface area contributed by atoms with Gasteiger partial charge in [0.25, 0.3) is 0 Å². The standard InChI is InChI=1S/C10H12ClN3O3/c1-5(6(2)10(16)17)9(15)14-8-3-7(11)12-4-13-8/h3-6H,1-2H3,(H,16,17)(H,12,13,14,15). The number of amides is 1. The average molecular weight is 258 g/mol. The highest BCUT2D eigenvalue weighted by atomic mass is 35.5. The fraction of sp³-hybridized carbons (Fsp3) is 0.400. The molecule has 0 aliphatic rings. The topological polar surface area (TPSA) is 92.2 Å². The van der Waals surface area contributed by atoms with Crippen LogP contribution in [-0.4, -0.2) is 27.0 Å². The molecule has 0 aliphatic carbocycles. The minimum absolute atomic E-state index is 0.203. The highest BCUT2D eigenvalue weighted by Gasteiger charge is 2.25. The number of carboxylic acids is 1. The molecule has 0 bridgehead atoms. The van der Waals surface area contributed by atoms with Crippen LogP contribution in [0.5, 0.6) is 0 Å². The van der Waals surface area contributed by atoms with E-state index in [-0.39, 0.29) is 11.0 Å². The van der Waals surface area contributed by atoms with Crippen LogP contribution in [-0.2, 0) is 9.59 Å². The van der Waals surface area contributed by atoms with E-state index in [9.17, 15) is 9.59 Å². The molecule has 0 spiro atoms. The average Bonchev–Trinajstić information content (AvgIpc) is 2.26. The Kier molecular flexibility index (Phi) is 4.39. The molecule has 2 N–H and O–H groups in total. The van der Waals surface area contributed by atoms with E-state index in [0.717, 1.165) is 0 Å². The lowest BCUT2D eigenvalue weighted by Gasteiger charge is -2.15. The number of carboxylic acid groups (broad SMARTS) is 1. The molecule has 1 heterocycles. The number of rotatable bonds is 4. The number of hydrogen-bond donors (Lipinski definition) is 2. The third-order valence-corrected chi connectivity index (χ3v) is 2.64. The monoisotopic (exact) mass is 257 g/mol. The van der Waals surface area contributed by atoms with Crippen molar-refractivity contribution in [1.82, 2.24) is 9.97 Å². The Bertz CT molecular complexity index is 439. The van der Waals surface area contributed by atoms with E-state index in [2.05, 4.69) is 15.3 Å². The van der Waals surface area contributed by atoms with E-state index >= 15 is 0 Å². The van der Waals surface area contributed by atoms with Crippen LogP contribution in [0.3, 0.4) is 0 Å². The number of nitrogens with one attached hydrogen (secondary N) is 1. The number of nitrogens with zero attached hydrogens (tertiary/aromatic N) is 2. The van der Waals surface area contributed by atoms with E-state index in [4.69, 9.17) is 16.7 Å². The van der Waals surface area contributed by atoms with Crippen LogP contribution in [0.25, 0.3) is 0 Å². The summed E-state index contributed by atoms with van der Waals surface area (Å²) in [5.74, 6) is -2.63. The third kappa shape index (κ3) is 3.67. The lowest BCUT2D eigenvalue weighted by Crippen LogP contribution is -2.30. The van der Waals surface area contributed by atoms with Crippen LogP contribution in [0, 0.1) is 11.8 Å². The molecule has 0 aromatic carbocycles. The highest BCUT2D eigenvalue weighted by molar-refractivity contribution is 6.29. The molecule has 0 fully saturated rings. The van der Waals surface area contributed by atoms with Crippen LogP contribution >= 0.6 is 11.6 Å². The Morgan fingerprint density at radius 2 is 2.00 bits per heavy atom. The number of halogens is 1. The third-order valence-electron chi connectivity index (χ3n) is 2.44. The summed E-state index contributed by atoms with van der Waals surface area (Å²) < 4.78 is 0. The maximum Gasteiger partial charge on any atom is 0.307 e. The zero-order valence-electron chi connectivity index (χ0n) is 9.35. The molecule has 0 saturated heterocycles. The van der Waals surface area contributed by atoms with Crippen LogP contribution in [0.2, 0.25) is 5.15 Å². The van der Waals surface area contributed by atoms with Crippen molar-refractivity contribution in [3.8, 4) is 0 Å². The van der Waals surface area contributed by atoms with Gasteiger partial charge in [-0.25, -0.2) is 9.97 Å². The Balaban J connectivity index is 2.69. The first kappa shape index (κ1) is 13.4. The van der Waals surface area contributed by atoms with Gasteiger partial charge in [-0.1, -0.05) is 25.4 Å². The van der Waals surface area contributed by atoms with Gasteiger partial charge >= 0.3 is 5.97 Å². The Hall–Kier alpha value is -1.69. The predicted molar refractivity (Wildman–Crippen MR) is 61.6 cm³/mol. The first-order valence-electron chi connectivity index (χ1n) is 4.93. The number of carbonyl (C=O) groups is 2. The summed E-state index contributed by atoms with van der Waals surface area (Å²) in [6, 6.07) is 1.39. The van der Waals surface area contributed by atoms with Gasteiger partial charge in [0.05, 0.1) is 5.92 Å². The molecule has 7 heteroatoms. The van der Waals surface area contributed by atoms with Crippen LogP contribution in [0.1, 0.15) is 13.8 Å². The van der Waals surface area contributed by atoms with Crippen LogP contribution < -0.4 is 5.32 Å². The van der Waals surface area contributed by atoms with Crippen LogP contribution in [0.4, 0.5) is 5.82 Å². The summed E-state index contributed by atoms with van der Waals surface area (Å²) >= 11 is 5.62. The summed E-state index contributed by atoms with van der Waals surface area (Å²) in [6.07, 6.45) is 1.21. The van der Waals surface area contributed by atoms with E-state index in [1.165, 1.54) is 26.2 Å². The minimum atomic E-state index is -1.02. The molecule has 0 radical (unpaired) electrons. The minimum Gasteiger partial charge on any atom is -0.481 e. The Morgan fingerprint density at radius 1 is 1.35 bits per heavy atom. The van der Waals surface area contributed by atoms with Crippen molar-refractivity contribution in [2.75, 3.05) is 5.32 Å². The van der Waals surface area contributed by atoms with Crippen molar-refractivity contribution in [2.24, 2.45) is 11.8 Å². The number of aliphatic carboxylic acids is 1. The highest BCUT2D eigenvalue weighted by Crippen LogP contribution is 2.15. The van der Waals surface area contributed by atoms with E-state index in [1.54, 1.807) is 0 Å². The number of carbonyl (C=O) groups excluding carboxylic acids is 1. The second-order valence-corrected chi connectivity index (χ2v) is 4.02. The molecule has 1 aromatic rings. The summed E-state index contributed by atoms with van der Waals surface area (Å²) in [5, 5.41) is 11.5. The summed E-state index contributed by atoms with van der Waals surface area (Å²) in [5.41, 5.74) is 0. The zero-order chi connectivity index (χ0) is 13.0. The predicted octanol–water partition coefficient (Wildman–Crippen LogP) is 1.43. The fourth-order valence-electron chi connectivity index (χ4n) is 1.08. The van der Waals surface area contributed by atoms with Crippen molar-refractivity contribution < 1.29 is 14.7 Å². The summed E-state index contributed by atoms with van der Waals surface area (Å²) in [7, 11) is 0. The second kappa shape index (κ2) is 5.58. The first-order chi connectivity index (χ1) is 7.91. The molecule has 17 heavy (non-hydrogen) atoms. The van der Waals surface area contributed by atoms with Gasteiger partial charge in [-0.15, -0.1) is 0 Å². The van der Waals surface area contributed by atoms with Gasteiger partial charge in [-0.3, -0.25) is 9.59 Å². The molecule has 6 nitrogen and oxygen atoms in total. The molecule has 1 rings (SSSR count). The molecule has 2 unspecified atom stereocenters. The molecule has 1 amide bonds. The number of aromatic nitrogens is 2. The Labute approximate surface area is 103 Å². The maximum absolute atomic E-state index is 11.7. The smallest absolute Gasteiger partial charge is 0.307 e. The van der Waals surface area contributed by atoms with Gasteiger partial charge in [0.2, 0.25) is 5.91 Å². The van der Waals surface area contributed by atoms with Gasteiger partial charge in [0.1, 0.15) is 17.3 Å². The molecule has 0 aliphatic heterocycles. The van der Waals surface area contributed by atoms with Gasteiger partial charge in [0.15, 0.2) is 0 Å².